The number of aromatic nitrogens is 2. The van der Waals surface area contributed by atoms with Crippen molar-refractivity contribution >= 4 is 16.9 Å². The van der Waals surface area contributed by atoms with E-state index in [-0.39, 0.29) is 11.9 Å². The van der Waals surface area contributed by atoms with Gasteiger partial charge in [-0.1, -0.05) is 6.07 Å². The molecular weight excluding hydrogens is 336 g/mol. The van der Waals surface area contributed by atoms with Crippen molar-refractivity contribution < 1.29 is 4.79 Å². The van der Waals surface area contributed by atoms with Crippen LogP contribution in [0, 0.1) is 18.3 Å². The average molecular weight is 356 g/mol. The molecule has 2 aliphatic rings. The molecule has 5 nitrogen and oxygen atoms in total. The average Bonchev–Trinajstić information content (AvgIpc) is 3.31. The molecule has 1 unspecified atom stereocenters. The van der Waals surface area contributed by atoms with E-state index in [1.54, 1.807) is 6.33 Å². The van der Waals surface area contributed by atoms with E-state index in [0.717, 1.165) is 48.0 Å². The van der Waals surface area contributed by atoms with E-state index in [1.165, 1.54) is 11.1 Å². The number of rotatable bonds is 1. The van der Waals surface area contributed by atoms with Crippen molar-refractivity contribution in [2.24, 2.45) is 0 Å². The summed E-state index contributed by atoms with van der Waals surface area (Å²) in [5.41, 5.74) is 6.80. The number of fused-ring (bicyclic) bond motifs is 4. The number of amides is 1. The third kappa shape index (κ3) is 2.44. The predicted octanol–water partition coefficient (Wildman–Crippen LogP) is 3.69. The third-order valence-electron chi connectivity index (χ3n) is 6.10. The summed E-state index contributed by atoms with van der Waals surface area (Å²) in [7, 11) is 0. The first kappa shape index (κ1) is 16.1. The number of aromatic amines is 1. The molecule has 1 N–H and O–H groups in total. The van der Waals surface area contributed by atoms with Gasteiger partial charge in [-0.2, -0.15) is 5.26 Å². The SMILES string of the molecule is Cc1cc(C(=O)N2CCC[C@@H]3c4cc(C#N)ccc4CC32)cc2[nH]cnc12. The van der Waals surface area contributed by atoms with E-state index in [2.05, 4.69) is 27.0 Å². The molecule has 2 aromatic carbocycles. The van der Waals surface area contributed by atoms with Gasteiger partial charge in [-0.3, -0.25) is 4.79 Å². The highest BCUT2D eigenvalue weighted by atomic mass is 16.2. The van der Waals surface area contributed by atoms with Crippen LogP contribution in [-0.2, 0) is 6.42 Å². The first-order chi connectivity index (χ1) is 13.2. The Bertz CT molecular complexity index is 1110. The van der Waals surface area contributed by atoms with Crippen molar-refractivity contribution in [1.82, 2.24) is 14.9 Å². The molecule has 5 rings (SSSR count). The molecule has 1 aromatic heterocycles. The topological polar surface area (TPSA) is 72.8 Å². The van der Waals surface area contributed by atoms with Crippen molar-refractivity contribution in [1.29, 1.82) is 5.26 Å². The van der Waals surface area contributed by atoms with Crippen LogP contribution < -0.4 is 0 Å². The number of benzene rings is 2. The number of carbonyl (C=O) groups is 1. The standard InChI is InChI=1S/C22H20N4O/c1-13-7-16(9-19-21(13)25-12-24-19)22(27)26-6-2-3-17-18-8-14(11-23)4-5-15(18)10-20(17)26/h4-5,7-9,12,17,20H,2-3,6,10H2,1H3,(H,24,25)/t17-,20?/m1/s1. The molecule has 2 atom stereocenters. The molecule has 1 aliphatic heterocycles. The minimum atomic E-state index is 0.0950. The van der Waals surface area contributed by atoms with Crippen molar-refractivity contribution in [2.75, 3.05) is 6.54 Å². The van der Waals surface area contributed by atoms with Gasteiger partial charge in [0.15, 0.2) is 0 Å². The van der Waals surface area contributed by atoms with Crippen molar-refractivity contribution in [3.63, 3.8) is 0 Å². The van der Waals surface area contributed by atoms with Crippen LogP contribution in [0.4, 0.5) is 0 Å². The zero-order valence-corrected chi connectivity index (χ0v) is 15.2. The molecular formula is C22H20N4O. The fraction of sp³-hybridized carbons (Fsp3) is 0.318. The van der Waals surface area contributed by atoms with Crippen molar-refractivity contribution in [2.45, 2.75) is 38.1 Å². The van der Waals surface area contributed by atoms with E-state index in [0.29, 0.717) is 11.5 Å². The van der Waals surface area contributed by atoms with Gasteiger partial charge < -0.3 is 9.88 Å². The van der Waals surface area contributed by atoms with Crippen molar-refractivity contribution in [3.8, 4) is 6.07 Å². The molecule has 0 spiro atoms. The van der Waals surface area contributed by atoms with Gasteiger partial charge >= 0.3 is 0 Å². The summed E-state index contributed by atoms with van der Waals surface area (Å²) in [5.74, 6) is 0.431. The summed E-state index contributed by atoms with van der Waals surface area (Å²) in [5, 5.41) is 9.23. The lowest BCUT2D eigenvalue weighted by molar-refractivity contribution is 0.0595. The van der Waals surface area contributed by atoms with Gasteiger partial charge in [-0.25, -0.2) is 4.98 Å². The number of hydrogen-bond acceptors (Lipinski definition) is 3. The highest BCUT2D eigenvalue weighted by Crippen LogP contribution is 2.43. The summed E-state index contributed by atoms with van der Waals surface area (Å²) in [6, 6.07) is 12.3. The zero-order chi connectivity index (χ0) is 18.5. The van der Waals surface area contributed by atoms with Crippen LogP contribution in [0.25, 0.3) is 11.0 Å². The molecule has 1 saturated heterocycles. The molecule has 3 aromatic rings. The molecule has 0 bridgehead atoms. The van der Waals surface area contributed by atoms with Crippen LogP contribution in [0.2, 0.25) is 0 Å². The van der Waals surface area contributed by atoms with Gasteiger partial charge in [0.05, 0.1) is 29.0 Å². The summed E-state index contributed by atoms with van der Waals surface area (Å²) in [6.07, 6.45) is 4.62. The zero-order valence-electron chi connectivity index (χ0n) is 15.2. The lowest BCUT2D eigenvalue weighted by Gasteiger charge is -2.38. The Kier molecular flexibility index (Phi) is 3.54. The second kappa shape index (κ2) is 5.95. The minimum Gasteiger partial charge on any atom is -0.345 e. The maximum Gasteiger partial charge on any atom is 0.254 e. The fourth-order valence-corrected chi connectivity index (χ4v) is 4.86. The van der Waals surface area contributed by atoms with Crippen LogP contribution in [-0.4, -0.2) is 33.4 Å². The Morgan fingerprint density at radius 2 is 2.22 bits per heavy atom. The second-order valence-corrected chi connectivity index (χ2v) is 7.64. The van der Waals surface area contributed by atoms with E-state index in [4.69, 9.17) is 0 Å². The van der Waals surface area contributed by atoms with Crippen LogP contribution in [0.1, 0.15) is 51.4 Å². The fourth-order valence-electron chi connectivity index (χ4n) is 4.86. The number of nitriles is 1. The van der Waals surface area contributed by atoms with Crippen LogP contribution in [0.3, 0.4) is 0 Å². The van der Waals surface area contributed by atoms with Gasteiger partial charge in [0.2, 0.25) is 0 Å². The van der Waals surface area contributed by atoms with Crippen molar-refractivity contribution in [3.05, 3.63) is 64.5 Å². The third-order valence-corrected chi connectivity index (χ3v) is 6.10. The van der Waals surface area contributed by atoms with E-state index in [9.17, 15) is 10.1 Å². The molecule has 1 amide bonds. The number of carbonyl (C=O) groups excluding carboxylic acids is 1. The number of aryl methyl sites for hydroxylation is 1. The van der Waals surface area contributed by atoms with Gasteiger partial charge in [-0.15, -0.1) is 0 Å². The number of piperidine rings is 1. The largest absolute Gasteiger partial charge is 0.345 e. The number of nitrogens with one attached hydrogen (secondary N) is 1. The summed E-state index contributed by atoms with van der Waals surface area (Å²) in [4.78, 5) is 22.9. The maximum absolute atomic E-state index is 13.4. The van der Waals surface area contributed by atoms with Crippen LogP contribution >= 0.6 is 0 Å². The van der Waals surface area contributed by atoms with Crippen LogP contribution in [0.5, 0.6) is 0 Å². The number of imidazole rings is 1. The molecule has 0 radical (unpaired) electrons. The molecule has 2 heterocycles. The molecule has 134 valence electrons. The van der Waals surface area contributed by atoms with Gasteiger partial charge in [0.25, 0.3) is 5.91 Å². The summed E-state index contributed by atoms with van der Waals surface area (Å²) < 4.78 is 0. The molecule has 1 aliphatic carbocycles. The molecule has 0 saturated carbocycles. The van der Waals surface area contributed by atoms with Gasteiger partial charge in [0.1, 0.15) is 0 Å². The van der Waals surface area contributed by atoms with Gasteiger partial charge in [-0.05, 0) is 67.1 Å². The Hall–Kier alpha value is -3.13. The minimum absolute atomic E-state index is 0.0950. The highest BCUT2D eigenvalue weighted by molar-refractivity contribution is 5.98. The Morgan fingerprint density at radius 3 is 3.07 bits per heavy atom. The number of nitrogens with zero attached hydrogens (tertiary/aromatic N) is 3. The number of H-pyrrole nitrogens is 1. The maximum atomic E-state index is 13.4. The Labute approximate surface area is 157 Å². The highest BCUT2D eigenvalue weighted by Gasteiger charge is 2.41. The normalized spacial score (nSPS) is 21.0. The number of likely N-dealkylation sites (tertiary alicyclic amines) is 1. The Morgan fingerprint density at radius 1 is 1.33 bits per heavy atom. The monoisotopic (exact) mass is 356 g/mol. The molecule has 5 heteroatoms. The quantitative estimate of drug-likeness (QED) is 0.723. The smallest absolute Gasteiger partial charge is 0.254 e. The first-order valence-corrected chi connectivity index (χ1v) is 9.43. The van der Waals surface area contributed by atoms with E-state index in [1.807, 2.05) is 31.2 Å². The summed E-state index contributed by atoms with van der Waals surface area (Å²) >= 11 is 0. The van der Waals surface area contributed by atoms with Gasteiger partial charge in [0, 0.05) is 24.1 Å². The van der Waals surface area contributed by atoms with E-state index < -0.39 is 0 Å². The molecule has 1 fully saturated rings. The number of hydrogen-bond donors (Lipinski definition) is 1. The summed E-state index contributed by atoms with van der Waals surface area (Å²) in [6.45, 7) is 2.78. The second-order valence-electron chi connectivity index (χ2n) is 7.64. The lowest BCUT2D eigenvalue weighted by atomic mass is 9.87. The molecule has 27 heavy (non-hydrogen) atoms. The van der Waals surface area contributed by atoms with E-state index >= 15 is 0 Å². The Balaban J connectivity index is 1.50. The first-order valence-electron chi connectivity index (χ1n) is 9.43. The lowest BCUT2D eigenvalue weighted by Crippen LogP contribution is -2.46. The predicted molar refractivity (Wildman–Crippen MR) is 102 cm³/mol. The van der Waals surface area contributed by atoms with Crippen LogP contribution in [0.15, 0.2) is 36.7 Å².